The maximum Gasteiger partial charge on any atom is 0.326 e. The van der Waals surface area contributed by atoms with Gasteiger partial charge in [0.1, 0.15) is 11.7 Å². The molecule has 0 saturated heterocycles. The number of carbonyl (C=O) groups is 2. The molecule has 0 fully saturated rings. The molecule has 8 heteroatoms. The third kappa shape index (κ3) is 3.32. The van der Waals surface area contributed by atoms with E-state index in [1.165, 1.54) is 12.5 Å². The van der Waals surface area contributed by atoms with Gasteiger partial charge in [0.25, 0.3) is 5.91 Å². The molecule has 0 radical (unpaired) electrons. The Bertz CT molecular complexity index is 1140. The number of nitrogens with one attached hydrogen (secondary N) is 2. The standard InChI is InChI=1S/C19H15N5O3/c25-18(24-15(19(26)27)8-13-9-20-10-22-13)14-6-5-12-4-3-11-2-1-7-21-16(11)17(12)23-14/h1-7,9-10,15H,8H2,(H,20,22)(H,24,25)(H,26,27)/t15-/m0/s1. The van der Waals surface area contributed by atoms with Gasteiger partial charge in [0.15, 0.2) is 0 Å². The van der Waals surface area contributed by atoms with Crippen molar-refractivity contribution >= 4 is 33.7 Å². The summed E-state index contributed by atoms with van der Waals surface area (Å²) in [6.07, 6.45) is 4.74. The molecule has 0 aliphatic rings. The molecule has 0 aliphatic carbocycles. The molecule has 134 valence electrons. The van der Waals surface area contributed by atoms with E-state index >= 15 is 0 Å². The fraction of sp³-hybridized carbons (Fsp3) is 0.105. The van der Waals surface area contributed by atoms with Crippen LogP contribution in [-0.4, -0.2) is 43.0 Å². The van der Waals surface area contributed by atoms with Gasteiger partial charge >= 0.3 is 5.97 Å². The second-order valence-corrected chi connectivity index (χ2v) is 6.05. The van der Waals surface area contributed by atoms with Gasteiger partial charge < -0.3 is 15.4 Å². The highest BCUT2D eigenvalue weighted by atomic mass is 16.4. The Labute approximate surface area is 153 Å². The van der Waals surface area contributed by atoms with Crippen molar-refractivity contribution in [3.05, 3.63) is 66.5 Å². The van der Waals surface area contributed by atoms with Crippen LogP contribution in [0.4, 0.5) is 0 Å². The van der Waals surface area contributed by atoms with Crippen LogP contribution in [0.2, 0.25) is 0 Å². The van der Waals surface area contributed by atoms with Crippen molar-refractivity contribution < 1.29 is 14.7 Å². The van der Waals surface area contributed by atoms with Gasteiger partial charge in [0.05, 0.1) is 17.4 Å². The van der Waals surface area contributed by atoms with E-state index in [0.29, 0.717) is 16.7 Å². The van der Waals surface area contributed by atoms with Crippen molar-refractivity contribution in [2.75, 3.05) is 0 Å². The topological polar surface area (TPSA) is 121 Å². The van der Waals surface area contributed by atoms with Crippen LogP contribution in [0.25, 0.3) is 21.8 Å². The maximum absolute atomic E-state index is 12.6. The number of amides is 1. The largest absolute Gasteiger partial charge is 0.480 e. The maximum atomic E-state index is 12.6. The summed E-state index contributed by atoms with van der Waals surface area (Å²) in [5, 5.41) is 13.7. The predicted molar refractivity (Wildman–Crippen MR) is 98.2 cm³/mol. The van der Waals surface area contributed by atoms with Gasteiger partial charge in [-0.3, -0.25) is 9.78 Å². The number of aromatic nitrogens is 4. The lowest BCUT2D eigenvalue weighted by Crippen LogP contribution is -2.42. The molecule has 0 unspecified atom stereocenters. The number of aliphatic carboxylic acids is 1. The molecule has 1 atom stereocenters. The van der Waals surface area contributed by atoms with Gasteiger partial charge in [-0.15, -0.1) is 0 Å². The number of benzene rings is 1. The number of rotatable bonds is 5. The number of hydrogen-bond donors (Lipinski definition) is 3. The Hall–Kier alpha value is -3.81. The van der Waals surface area contributed by atoms with Gasteiger partial charge in [-0.1, -0.05) is 24.3 Å². The molecule has 1 amide bonds. The summed E-state index contributed by atoms with van der Waals surface area (Å²) in [7, 11) is 0. The van der Waals surface area contributed by atoms with Crippen LogP contribution in [0.5, 0.6) is 0 Å². The lowest BCUT2D eigenvalue weighted by Gasteiger charge is -2.13. The number of imidazole rings is 1. The molecule has 3 heterocycles. The van der Waals surface area contributed by atoms with Crippen LogP contribution in [0.1, 0.15) is 16.2 Å². The second kappa shape index (κ2) is 6.83. The number of nitrogens with zero attached hydrogens (tertiary/aromatic N) is 3. The van der Waals surface area contributed by atoms with E-state index in [0.717, 1.165) is 10.8 Å². The first-order chi connectivity index (χ1) is 13.1. The fourth-order valence-corrected chi connectivity index (χ4v) is 2.90. The average Bonchev–Trinajstić information content (AvgIpc) is 3.20. The summed E-state index contributed by atoms with van der Waals surface area (Å²) in [5.74, 6) is -1.69. The molecule has 1 aromatic carbocycles. The number of aromatic amines is 1. The van der Waals surface area contributed by atoms with Gasteiger partial charge in [0, 0.05) is 35.3 Å². The Kier molecular flexibility index (Phi) is 4.21. The molecule has 0 saturated carbocycles. The van der Waals surface area contributed by atoms with Crippen LogP contribution in [-0.2, 0) is 11.2 Å². The van der Waals surface area contributed by atoms with Crippen LogP contribution in [0.3, 0.4) is 0 Å². The molecular weight excluding hydrogens is 346 g/mol. The van der Waals surface area contributed by atoms with E-state index in [4.69, 9.17) is 0 Å². The minimum Gasteiger partial charge on any atom is -0.480 e. The number of fused-ring (bicyclic) bond motifs is 3. The molecule has 0 bridgehead atoms. The van der Waals surface area contributed by atoms with Crippen molar-refractivity contribution in [2.24, 2.45) is 0 Å². The summed E-state index contributed by atoms with van der Waals surface area (Å²) >= 11 is 0. The monoisotopic (exact) mass is 361 g/mol. The number of pyridine rings is 2. The minimum atomic E-state index is -1.13. The number of hydrogen-bond acceptors (Lipinski definition) is 5. The van der Waals surface area contributed by atoms with Gasteiger partial charge in [-0.2, -0.15) is 0 Å². The average molecular weight is 361 g/mol. The van der Waals surface area contributed by atoms with E-state index in [9.17, 15) is 14.7 Å². The quantitative estimate of drug-likeness (QED) is 0.467. The summed E-state index contributed by atoms with van der Waals surface area (Å²) in [4.78, 5) is 39.5. The number of carboxylic acid groups (broad SMARTS) is 1. The zero-order valence-corrected chi connectivity index (χ0v) is 14.1. The summed E-state index contributed by atoms with van der Waals surface area (Å²) in [5.41, 5.74) is 2.04. The Morgan fingerprint density at radius 1 is 1.11 bits per heavy atom. The summed E-state index contributed by atoms with van der Waals surface area (Å²) < 4.78 is 0. The molecule has 4 rings (SSSR count). The Balaban J connectivity index is 1.65. The Morgan fingerprint density at radius 2 is 1.89 bits per heavy atom. The number of carboxylic acids is 1. The molecule has 0 aliphatic heterocycles. The molecule has 3 N–H and O–H groups in total. The van der Waals surface area contributed by atoms with Gasteiger partial charge in [-0.25, -0.2) is 14.8 Å². The van der Waals surface area contributed by atoms with Crippen LogP contribution in [0.15, 0.2) is 55.1 Å². The van der Waals surface area contributed by atoms with Crippen molar-refractivity contribution in [1.82, 2.24) is 25.3 Å². The normalized spacial score (nSPS) is 12.1. The van der Waals surface area contributed by atoms with Crippen molar-refractivity contribution in [2.45, 2.75) is 12.5 Å². The van der Waals surface area contributed by atoms with Crippen LogP contribution >= 0.6 is 0 Å². The predicted octanol–water partition coefficient (Wildman–Crippen LogP) is 1.93. The lowest BCUT2D eigenvalue weighted by atomic mass is 10.1. The van der Waals surface area contributed by atoms with E-state index in [-0.39, 0.29) is 12.1 Å². The molecule has 3 aromatic heterocycles. The van der Waals surface area contributed by atoms with E-state index < -0.39 is 17.9 Å². The highest BCUT2D eigenvalue weighted by molar-refractivity contribution is 6.05. The van der Waals surface area contributed by atoms with Gasteiger partial charge in [0.2, 0.25) is 0 Å². The first-order valence-corrected chi connectivity index (χ1v) is 8.27. The lowest BCUT2D eigenvalue weighted by molar-refractivity contribution is -0.139. The highest BCUT2D eigenvalue weighted by Crippen LogP contribution is 2.22. The number of carbonyl (C=O) groups excluding carboxylic acids is 1. The molecule has 0 spiro atoms. The van der Waals surface area contributed by atoms with Crippen molar-refractivity contribution in [3.8, 4) is 0 Å². The zero-order chi connectivity index (χ0) is 18.8. The third-order valence-corrected chi connectivity index (χ3v) is 4.25. The van der Waals surface area contributed by atoms with Crippen LogP contribution < -0.4 is 5.32 Å². The highest BCUT2D eigenvalue weighted by Gasteiger charge is 2.22. The number of H-pyrrole nitrogens is 1. The summed E-state index contributed by atoms with van der Waals surface area (Å²) in [6, 6.07) is 9.85. The van der Waals surface area contributed by atoms with E-state index in [1.54, 1.807) is 18.3 Å². The molecule has 4 aromatic rings. The first kappa shape index (κ1) is 16.6. The first-order valence-electron chi connectivity index (χ1n) is 8.27. The zero-order valence-electron chi connectivity index (χ0n) is 14.1. The summed E-state index contributed by atoms with van der Waals surface area (Å²) in [6.45, 7) is 0. The van der Waals surface area contributed by atoms with Crippen molar-refractivity contribution in [1.29, 1.82) is 0 Å². The minimum absolute atomic E-state index is 0.0964. The molecule has 27 heavy (non-hydrogen) atoms. The Morgan fingerprint density at radius 3 is 2.63 bits per heavy atom. The second-order valence-electron chi connectivity index (χ2n) is 6.05. The van der Waals surface area contributed by atoms with Crippen molar-refractivity contribution in [3.63, 3.8) is 0 Å². The van der Waals surface area contributed by atoms with Gasteiger partial charge in [-0.05, 0) is 12.1 Å². The van der Waals surface area contributed by atoms with E-state index in [2.05, 4.69) is 25.3 Å². The fourth-order valence-electron chi connectivity index (χ4n) is 2.90. The third-order valence-electron chi connectivity index (χ3n) is 4.25. The van der Waals surface area contributed by atoms with Crippen LogP contribution in [0, 0.1) is 0 Å². The molecular formula is C19H15N5O3. The SMILES string of the molecule is O=C(N[C@@H](Cc1cnc[nH]1)C(=O)O)c1ccc2ccc3cccnc3c2n1. The van der Waals surface area contributed by atoms with E-state index in [1.807, 2.05) is 24.3 Å². The smallest absolute Gasteiger partial charge is 0.326 e. The molecule has 8 nitrogen and oxygen atoms in total.